The fourth-order valence-corrected chi connectivity index (χ4v) is 9.46. The van der Waals surface area contributed by atoms with Crippen LogP contribution in [0.3, 0.4) is 0 Å². The number of hydrazine groups is 1. The van der Waals surface area contributed by atoms with Crippen molar-refractivity contribution in [2.45, 2.75) is 111 Å². The van der Waals surface area contributed by atoms with E-state index in [0.29, 0.717) is 38.9 Å². The summed E-state index contributed by atoms with van der Waals surface area (Å²) in [5.74, 6) is -1.93. The van der Waals surface area contributed by atoms with Gasteiger partial charge in [0.2, 0.25) is 17.7 Å². The molecule has 4 aromatic rings. The van der Waals surface area contributed by atoms with E-state index in [9.17, 15) is 24.0 Å². The third-order valence-electron chi connectivity index (χ3n) is 12.8. The Balaban J connectivity index is 1.34. The summed E-state index contributed by atoms with van der Waals surface area (Å²) in [4.78, 5) is 73.9. The summed E-state index contributed by atoms with van der Waals surface area (Å²) >= 11 is 0. The molecular weight excluding hydrogens is 827 g/mol. The average molecular weight is 894 g/mol. The second-order valence-electron chi connectivity index (χ2n) is 18.7. The molecule has 2 fully saturated rings. The average Bonchev–Trinajstić information content (AvgIpc) is 4.05. The molecule has 0 saturated carbocycles. The summed E-state index contributed by atoms with van der Waals surface area (Å²) in [7, 11) is 3.29. The zero-order valence-electron chi connectivity index (χ0n) is 39.5. The summed E-state index contributed by atoms with van der Waals surface area (Å²) < 4.78 is 15.1. The van der Waals surface area contributed by atoms with E-state index in [0.717, 1.165) is 57.4 Å². The quantitative estimate of drug-likeness (QED) is 0.0898. The molecule has 0 spiro atoms. The molecule has 4 amide bonds. The maximum absolute atomic E-state index is 14.4. The van der Waals surface area contributed by atoms with E-state index in [-0.39, 0.29) is 55.5 Å². The van der Waals surface area contributed by atoms with Crippen molar-refractivity contribution in [3.05, 3.63) is 72.8 Å². The van der Waals surface area contributed by atoms with Gasteiger partial charge in [0.05, 0.1) is 42.8 Å². The molecule has 65 heavy (non-hydrogen) atoms. The first-order valence-corrected chi connectivity index (χ1v) is 22.8. The summed E-state index contributed by atoms with van der Waals surface area (Å²) in [5.41, 5.74) is 9.53. The van der Waals surface area contributed by atoms with Gasteiger partial charge in [0.15, 0.2) is 0 Å². The lowest BCUT2D eigenvalue weighted by atomic mass is 9.84. The highest BCUT2D eigenvalue weighted by molar-refractivity contribution is 5.96. The standard InChI is InChI=1S/C49H67N9O7/c1-11-42(60)55-22-19-35(26-55)47(62)54(9)44(31(3)4)46(61)52-40(48(63)58-21-14-15-32(5)53-58)28-56-27-36(25-51-56)34-17-18-41-38(23-34)39(24-49(7,8)29-65-30-59)45(57(41)12-2)37-16-13-20-50-43(37)33(6)64-10/h11,13,16-18,20,23,25,27,30-33,35,40,44,53H,1,12,14-15,19,21-22,24,26,28-29H2,2-10H3,(H,52,61)/t32-,33+,35+,40+,44+/m1/s1. The number of nitrogens with one attached hydrogen (secondary N) is 2. The van der Waals surface area contributed by atoms with Crippen LogP contribution in [0.2, 0.25) is 0 Å². The number of carbonyl (C=O) groups is 5. The Labute approximate surface area is 382 Å². The van der Waals surface area contributed by atoms with Crippen molar-refractivity contribution in [2.24, 2.45) is 17.3 Å². The molecular formula is C49H67N9O7. The molecule has 5 heterocycles. The first-order valence-electron chi connectivity index (χ1n) is 22.8. The van der Waals surface area contributed by atoms with E-state index < -0.39 is 29.3 Å². The normalized spacial score (nSPS) is 18.1. The largest absolute Gasteiger partial charge is 0.467 e. The first-order chi connectivity index (χ1) is 31.0. The maximum Gasteiger partial charge on any atom is 0.293 e. The van der Waals surface area contributed by atoms with Crippen LogP contribution in [0, 0.1) is 17.3 Å². The van der Waals surface area contributed by atoms with Crippen molar-refractivity contribution in [1.29, 1.82) is 0 Å². The summed E-state index contributed by atoms with van der Waals surface area (Å²) in [6.07, 6.45) is 9.21. The Hall–Kier alpha value is -5.87. The Morgan fingerprint density at radius 3 is 2.55 bits per heavy atom. The van der Waals surface area contributed by atoms with Crippen LogP contribution >= 0.6 is 0 Å². The summed E-state index contributed by atoms with van der Waals surface area (Å²) in [5, 5.41) is 10.4. The van der Waals surface area contributed by atoms with E-state index in [1.165, 1.54) is 11.0 Å². The van der Waals surface area contributed by atoms with Crippen molar-refractivity contribution in [3.8, 4) is 22.4 Å². The highest BCUT2D eigenvalue weighted by Crippen LogP contribution is 2.41. The van der Waals surface area contributed by atoms with Crippen LogP contribution in [0.15, 0.2) is 61.6 Å². The number of hydrogen-bond donors (Lipinski definition) is 2. The lowest BCUT2D eigenvalue weighted by Crippen LogP contribution is -2.61. The molecule has 2 aliphatic heterocycles. The minimum atomic E-state index is -1.01. The number of amides is 4. The van der Waals surface area contributed by atoms with E-state index in [1.807, 2.05) is 40.0 Å². The number of likely N-dealkylation sites (tertiary alicyclic amines) is 1. The molecule has 2 N–H and O–H groups in total. The topological polar surface area (TPSA) is 173 Å². The highest BCUT2D eigenvalue weighted by Gasteiger charge is 2.39. The number of rotatable bonds is 19. The van der Waals surface area contributed by atoms with Gasteiger partial charge in [-0.25, -0.2) is 5.43 Å². The SMILES string of the molecule is C=CC(=O)N1CC[C@H](C(=O)N(C)[C@H](C(=O)N[C@@H](Cn2cc(-c3ccc4c(c3)c(CC(C)(C)COC=O)c(-c3cccnc3[C@H](C)OC)n4CC)cn2)C(=O)N2CCC[C@@H](C)N2)C(C)C)C1. The summed E-state index contributed by atoms with van der Waals surface area (Å²) in [6, 6.07) is 8.54. The van der Waals surface area contributed by atoms with Gasteiger partial charge in [0.1, 0.15) is 12.1 Å². The van der Waals surface area contributed by atoms with Crippen molar-refractivity contribution < 1.29 is 33.4 Å². The van der Waals surface area contributed by atoms with Crippen molar-refractivity contribution in [3.63, 3.8) is 0 Å². The van der Waals surface area contributed by atoms with Crippen molar-refractivity contribution in [2.75, 3.05) is 40.4 Å². The fourth-order valence-electron chi connectivity index (χ4n) is 9.46. The van der Waals surface area contributed by atoms with Crippen LogP contribution < -0.4 is 10.7 Å². The third-order valence-corrected chi connectivity index (χ3v) is 12.8. The van der Waals surface area contributed by atoms with Gasteiger partial charge in [-0.15, -0.1) is 0 Å². The Morgan fingerprint density at radius 2 is 1.88 bits per heavy atom. The van der Waals surface area contributed by atoms with Crippen LogP contribution in [0.25, 0.3) is 33.3 Å². The maximum atomic E-state index is 14.4. The number of fused-ring (bicyclic) bond motifs is 1. The second kappa shape index (κ2) is 21.0. The van der Waals surface area contributed by atoms with Gasteiger partial charge in [-0.2, -0.15) is 5.10 Å². The monoisotopic (exact) mass is 894 g/mol. The molecule has 16 nitrogen and oxygen atoms in total. The second-order valence-corrected chi connectivity index (χ2v) is 18.7. The molecule has 0 aliphatic carbocycles. The van der Waals surface area contributed by atoms with Crippen molar-refractivity contribution in [1.82, 2.24) is 44.9 Å². The number of hydrogen-bond acceptors (Lipinski definition) is 10. The van der Waals surface area contributed by atoms with E-state index >= 15 is 0 Å². The van der Waals surface area contributed by atoms with Crippen LogP contribution in [-0.2, 0) is 53.0 Å². The molecule has 0 bridgehead atoms. The lowest BCUT2D eigenvalue weighted by Gasteiger charge is -2.36. The molecule has 2 aliphatic rings. The number of pyridine rings is 1. The molecule has 0 radical (unpaired) electrons. The summed E-state index contributed by atoms with van der Waals surface area (Å²) in [6.45, 7) is 20.2. The first kappa shape index (κ1) is 48.6. The molecule has 2 saturated heterocycles. The lowest BCUT2D eigenvalue weighted by molar-refractivity contribution is -0.146. The Morgan fingerprint density at radius 1 is 1.11 bits per heavy atom. The molecule has 0 unspecified atom stereocenters. The number of likely N-dealkylation sites (N-methyl/N-ethyl adjacent to an activating group) is 1. The number of aromatic nitrogens is 4. The van der Waals surface area contributed by atoms with Crippen molar-refractivity contribution >= 4 is 41.0 Å². The van der Waals surface area contributed by atoms with Gasteiger partial charge in [-0.05, 0) is 93.8 Å². The van der Waals surface area contributed by atoms with E-state index in [4.69, 9.17) is 19.6 Å². The van der Waals surface area contributed by atoms with Gasteiger partial charge < -0.3 is 29.2 Å². The molecule has 350 valence electrons. The Bertz CT molecular complexity index is 2370. The van der Waals surface area contributed by atoms with Crippen LogP contribution in [0.4, 0.5) is 0 Å². The van der Waals surface area contributed by atoms with E-state index in [2.05, 4.69) is 66.9 Å². The number of ether oxygens (including phenoxy) is 2. The molecule has 16 heteroatoms. The van der Waals surface area contributed by atoms with Gasteiger partial charge in [-0.1, -0.05) is 40.3 Å². The van der Waals surface area contributed by atoms with Gasteiger partial charge in [0.25, 0.3) is 12.4 Å². The molecule has 6 rings (SSSR count). The predicted molar refractivity (Wildman–Crippen MR) is 249 cm³/mol. The number of benzene rings is 1. The number of aryl methyl sites for hydroxylation is 1. The fraction of sp³-hybridized carbons (Fsp3) is 0.531. The van der Waals surface area contributed by atoms with Crippen LogP contribution in [-0.4, -0.2) is 123 Å². The predicted octanol–water partition coefficient (Wildman–Crippen LogP) is 5.55. The zero-order valence-corrected chi connectivity index (χ0v) is 39.5. The number of methoxy groups -OCH3 is 1. The zero-order chi connectivity index (χ0) is 47.2. The number of nitrogens with zero attached hydrogens (tertiary/aromatic N) is 7. The minimum absolute atomic E-state index is 0.0388. The third kappa shape index (κ3) is 10.8. The van der Waals surface area contributed by atoms with Gasteiger partial charge >= 0.3 is 0 Å². The molecule has 1 aromatic carbocycles. The minimum Gasteiger partial charge on any atom is -0.467 e. The number of carbonyl (C=O) groups excluding carboxylic acids is 5. The Kier molecular flexibility index (Phi) is 15.7. The molecule has 5 atom stereocenters. The van der Waals surface area contributed by atoms with Crippen LogP contribution in [0.5, 0.6) is 0 Å². The van der Waals surface area contributed by atoms with Crippen LogP contribution in [0.1, 0.15) is 85.1 Å². The molecule has 3 aromatic heterocycles. The van der Waals surface area contributed by atoms with E-state index in [1.54, 1.807) is 41.1 Å². The highest BCUT2D eigenvalue weighted by atomic mass is 16.5. The van der Waals surface area contributed by atoms with Gasteiger partial charge in [0, 0.05) is 86.2 Å². The smallest absolute Gasteiger partial charge is 0.293 e. The van der Waals surface area contributed by atoms with Gasteiger partial charge in [-0.3, -0.25) is 38.6 Å².